The van der Waals surface area contributed by atoms with Gasteiger partial charge in [-0.05, 0) is 31.8 Å². The molecule has 0 saturated carbocycles. The van der Waals surface area contributed by atoms with Gasteiger partial charge in [0.1, 0.15) is 16.9 Å². The number of hydrogen-bond donors (Lipinski definition) is 1. The summed E-state index contributed by atoms with van der Waals surface area (Å²) in [7, 11) is 0. The predicted octanol–water partition coefficient (Wildman–Crippen LogP) is 3.76. The first-order chi connectivity index (χ1) is 10.5. The van der Waals surface area contributed by atoms with Crippen LogP contribution in [-0.2, 0) is 14.4 Å². The van der Waals surface area contributed by atoms with Crippen molar-refractivity contribution in [2.45, 2.75) is 44.6 Å². The Labute approximate surface area is 134 Å². The summed E-state index contributed by atoms with van der Waals surface area (Å²) in [5.74, 6) is -0.569. The van der Waals surface area contributed by atoms with E-state index < -0.39 is 11.6 Å². The summed E-state index contributed by atoms with van der Waals surface area (Å²) in [4.78, 5) is 17.3. The van der Waals surface area contributed by atoms with E-state index in [2.05, 4.69) is 11.7 Å². The summed E-state index contributed by atoms with van der Waals surface area (Å²) < 4.78 is 5.58. The number of esters is 1. The fourth-order valence-electron chi connectivity index (χ4n) is 2.65. The molecular formula is C16H20ClNO4. The van der Waals surface area contributed by atoms with E-state index in [-0.39, 0.29) is 24.4 Å². The molecule has 0 aromatic carbocycles. The SMILES string of the molecule is C=C(Cl)CO/N=C(\CC)C1=C(O)CC2(C=CCCC2)OC1=O. The van der Waals surface area contributed by atoms with Gasteiger partial charge in [-0.15, -0.1) is 0 Å². The molecule has 22 heavy (non-hydrogen) atoms. The summed E-state index contributed by atoms with van der Waals surface area (Å²) in [5.41, 5.74) is -0.283. The molecule has 1 unspecified atom stereocenters. The van der Waals surface area contributed by atoms with Crippen LogP contribution in [0.25, 0.3) is 0 Å². The van der Waals surface area contributed by atoms with Crippen LogP contribution in [0.1, 0.15) is 39.0 Å². The van der Waals surface area contributed by atoms with Crippen LogP contribution in [0.3, 0.4) is 0 Å². The van der Waals surface area contributed by atoms with Crippen LogP contribution in [0.15, 0.2) is 40.3 Å². The molecular weight excluding hydrogens is 306 g/mol. The third-order valence-electron chi connectivity index (χ3n) is 3.67. The monoisotopic (exact) mass is 325 g/mol. The summed E-state index contributed by atoms with van der Waals surface area (Å²) >= 11 is 5.60. The fourth-order valence-corrected chi connectivity index (χ4v) is 2.69. The third kappa shape index (κ3) is 3.71. The quantitative estimate of drug-likeness (QED) is 0.362. The number of aliphatic hydroxyl groups excluding tert-OH is 1. The zero-order valence-corrected chi connectivity index (χ0v) is 13.4. The molecule has 1 aliphatic carbocycles. The number of halogens is 1. The van der Waals surface area contributed by atoms with Gasteiger partial charge in [0.2, 0.25) is 0 Å². The van der Waals surface area contributed by atoms with Gasteiger partial charge in [0.05, 0.1) is 10.7 Å². The topological polar surface area (TPSA) is 68.1 Å². The molecule has 1 spiro atoms. The van der Waals surface area contributed by atoms with Crippen LogP contribution in [-0.4, -0.2) is 29.0 Å². The fraction of sp³-hybridized carbons (Fsp3) is 0.500. The normalized spacial score (nSPS) is 25.4. The molecule has 0 aromatic heterocycles. The lowest BCUT2D eigenvalue weighted by Gasteiger charge is -2.36. The standard InChI is InChI=1S/C16H20ClNO4/c1-3-12(18-21-10-11(2)17)14-13(19)9-16(22-15(14)20)7-5-4-6-8-16/h5,7,19H,2-4,6,8-10H2,1H3/b18-12+. The molecule has 1 N–H and O–H groups in total. The molecule has 0 bridgehead atoms. The second kappa shape index (κ2) is 7.01. The summed E-state index contributed by atoms with van der Waals surface area (Å²) in [6.45, 7) is 5.35. The molecule has 5 nitrogen and oxygen atoms in total. The second-order valence-corrected chi connectivity index (χ2v) is 5.96. The average Bonchev–Trinajstić information content (AvgIpc) is 2.45. The number of nitrogens with zero attached hydrogens (tertiary/aromatic N) is 1. The second-order valence-electron chi connectivity index (χ2n) is 5.43. The lowest BCUT2D eigenvalue weighted by atomic mass is 9.84. The molecule has 6 heteroatoms. The minimum absolute atomic E-state index is 0.00306. The summed E-state index contributed by atoms with van der Waals surface area (Å²) in [5, 5.41) is 14.5. The molecule has 120 valence electrons. The van der Waals surface area contributed by atoms with Crippen molar-refractivity contribution in [1.82, 2.24) is 0 Å². The van der Waals surface area contributed by atoms with Crippen molar-refractivity contribution in [2.75, 3.05) is 6.61 Å². The number of allylic oxidation sites excluding steroid dienone is 1. The van der Waals surface area contributed by atoms with Crippen LogP contribution >= 0.6 is 11.6 Å². The Morgan fingerprint density at radius 1 is 1.64 bits per heavy atom. The van der Waals surface area contributed by atoms with E-state index in [0.717, 1.165) is 12.8 Å². The van der Waals surface area contributed by atoms with Gasteiger partial charge >= 0.3 is 5.97 Å². The van der Waals surface area contributed by atoms with Gasteiger partial charge in [0, 0.05) is 6.42 Å². The first kappa shape index (κ1) is 16.6. The number of carbonyl (C=O) groups is 1. The van der Waals surface area contributed by atoms with Gasteiger partial charge in [-0.3, -0.25) is 0 Å². The summed E-state index contributed by atoms with van der Waals surface area (Å²) in [6, 6.07) is 0. The van der Waals surface area contributed by atoms with E-state index in [0.29, 0.717) is 23.6 Å². The van der Waals surface area contributed by atoms with Crippen LogP contribution in [0.5, 0.6) is 0 Å². The molecule has 1 atom stereocenters. The van der Waals surface area contributed by atoms with Gasteiger partial charge in [0.15, 0.2) is 6.61 Å². The van der Waals surface area contributed by atoms with E-state index in [4.69, 9.17) is 21.2 Å². The van der Waals surface area contributed by atoms with Crippen molar-refractivity contribution in [3.63, 3.8) is 0 Å². The first-order valence-corrected chi connectivity index (χ1v) is 7.71. The first-order valence-electron chi connectivity index (χ1n) is 7.33. The average molecular weight is 326 g/mol. The van der Waals surface area contributed by atoms with Gasteiger partial charge in [-0.25, -0.2) is 4.79 Å². The van der Waals surface area contributed by atoms with Crippen molar-refractivity contribution in [3.05, 3.63) is 35.1 Å². The number of ether oxygens (including phenoxy) is 1. The number of oxime groups is 1. The third-order valence-corrected chi connectivity index (χ3v) is 3.78. The lowest BCUT2D eigenvalue weighted by molar-refractivity contribution is -0.153. The Morgan fingerprint density at radius 2 is 2.41 bits per heavy atom. The molecule has 2 aliphatic rings. The maximum atomic E-state index is 12.3. The predicted molar refractivity (Wildman–Crippen MR) is 84.8 cm³/mol. The zero-order valence-electron chi connectivity index (χ0n) is 12.6. The van der Waals surface area contributed by atoms with Gasteiger partial charge in [0.25, 0.3) is 0 Å². The highest BCUT2D eigenvalue weighted by molar-refractivity contribution is 6.29. The van der Waals surface area contributed by atoms with Crippen LogP contribution in [0, 0.1) is 0 Å². The molecule has 1 heterocycles. The molecule has 0 radical (unpaired) electrons. The molecule has 2 rings (SSSR count). The van der Waals surface area contributed by atoms with Crippen LogP contribution in [0.2, 0.25) is 0 Å². The summed E-state index contributed by atoms with van der Waals surface area (Å²) in [6.07, 6.45) is 7.17. The Kier molecular flexibility index (Phi) is 5.29. The largest absolute Gasteiger partial charge is 0.511 e. The van der Waals surface area contributed by atoms with Crippen molar-refractivity contribution < 1.29 is 19.5 Å². The number of hydrogen-bond acceptors (Lipinski definition) is 5. The van der Waals surface area contributed by atoms with Gasteiger partial charge in [-0.1, -0.05) is 36.3 Å². The van der Waals surface area contributed by atoms with Crippen molar-refractivity contribution in [3.8, 4) is 0 Å². The van der Waals surface area contributed by atoms with E-state index in [1.54, 1.807) is 0 Å². The minimum Gasteiger partial charge on any atom is -0.511 e. The van der Waals surface area contributed by atoms with Crippen molar-refractivity contribution in [1.29, 1.82) is 0 Å². The smallest absolute Gasteiger partial charge is 0.344 e. The highest BCUT2D eigenvalue weighted by atomic mass is 35.5. The molecule has 1 aliphatic heterocycles. The molecule has 0 fully saturated rings. The van der Waals surface area contributed by atoms with Crippen LogP contribution in [0.4, 0.5) is 0 Å². The highest BCUT2D eigenvalue weighted by Gasteiger charge is 2.41. The minimum atomic E-state index is -0.715. The maximum Gasteiger partial charge on any atom is 0.344 e. The van der Waals surface area contributed by atoms with E-state index in [9.17, 15) is 9.90 Å². The van der Waals surface area contributed by atoms with Crippen LogP contribution < -0.4 is 0 Å². The lowest BCUT2D eigenvalue weighted by Crippen LogP contribution is -2.41. The van der Waals surface area contributed by atoms with Crippen molar-refractivity contribution in [2.24, 2.45) is 5.16 Å². The van der Waals surface area contributed by atoms with E-state index >= 15 is 0 Å². The zero-order chi connectivity index (χ0) is 16.2. The number of aliphatic hydroxyl groups is 1. The van der Waals surface area contributed by atoms with E-state index in [1.165, 1.54) is 0 Å². The molecule has 0 saturated heterocycles. The molecule has 0 aromatic rings. The van der Waals surface area contributed by atoms with Gasteiger partial charge in [-0.2, -0.15) is 0 Å². The van der Waals surface area contributed by atoms with Gasteiger partial charge < -0.3 is 14.7 Å². The highest BCUT2D eigenvalue weighted by Crippen LogP contribution is 2.37. The Hall–Kier alpha value is -1.75. The number of rotatable bonds is 5. The van der Waals surface area contributed by atoms with Crippen molar-refractivity contribution >= 4 is 23.3 Å². The Bertz CT molecular complexity index is 564. The van der Waals surface area contributed by atoms with E-state index in [1.807, 2.05) is 19.1 Å². The maximum absolute atomic E-state index is 12.3. The Morgan fingerprint density at radius 3 is 2.95 bits per heavy atom. The Balaban J connectivity index is 2.23. The molecule has 0 amide bonds. The number of carbonyl (C=O) groups excluding carboxylic acids is 1.